The second-order valence-electron chi connectivity index (χ2n) is 4.03. The fourth-order valence-electron chi connectivity index (χ4n) is 1.72. The van der Waals surface area contributed by atoms with Crippen LogP contribution in [0.3, 0.4) is 0 Å². The van der Waals surface area contributed by atoms with Gasteiger partial charge in [0, 0.05) is 5.71 Å². The average Bonchev–Trinajstić information content (AvgIpc) is 2.32. The molecule has 0 saturated heterocycles. The van der Waals surface area contributed by atoms with Gasteiger partial charge in [-0.1, -0.05) is 20.8 Å². The van der Waals surface area contributed by atoms with E-state index in [1.165, 1.54) is 0 Å². The van der Waals surface area contributed by atoms with Gasteiger partial charge in [0.15, 0.2) is 5.72 Å². The molecule has 1 rings (SSSR count). The van der Waals surface area contributed by atoms with E-state index < -0.39 is 0 Å². The number of nitrogens with zero attached hydrogens (tertiary/aromatic N) is 1. The standard InChI is InChI=1S/C10H19NO/c1-5-10(6-8(2)3)11-9(4)7-12-10/h8H,5-7H2,1-4H3. The molecule has 2 nitrogen and oxygen atoms in total. The molecule has 0 fully saturated rings. The lowest BCUT2D eigenvalue weighted by atomic mass is 9.98. The topological polar surface area (TPSA) is 21.6 Å². The minimum Gasteiger partial charge on any atom is -0.348 e. The van der Waals surface area contributed by atoms with Gasteiger partial charge in [0.25, 0.3) is 0 Å². The zero-order valence-electron chi connectivity index (χ0n) is 8.55. The van der Waals surface area contributed by atoms with Crippen molar-refractivity contribution in [3.8, 4) is 0 Å². The Morgan fingerprint density at radius 2 is 2.25 bits per heavy atom. The first-order valence-electron chi connectivity index (χ1n) is 4.77. The zero-order chi connectivity index (χ0) is 9.19. The zero-order valence-corrected chi connectivity index (χ0v) is 8.55. The third-order valence-corrected chi connectivity index (χ3v) is 2.22. The van der Waals surface area contributed by atoms with Crippen LogP contribution in [0.2, 0.25) is 0 Å². The van der Waals surface area contributed by atoms with Crippen molar-refractivity contribution in [3.05, 3.63) is 0 Å². The van der Waals surface area contributed by atoms with Crippen LogP contribution in [-0.4, -0.2) is 18.0 Å². The van der Waals surface area contributed by atoms with E-state index in [2.05, 4.69) is 25.8 Å². The van der Waals surface area contributed by atoms with Crippen molar-refractivity contribution in [2.75, 3.05) is 6.61 Å². The van der Waals surface area contributed by atoms with Crippen molar-refractivity contribution >= 4 is 5.71 Å². The molecule has 1 unspecified atom stereocenters. The summed E-state index contributed by atoms with van der Waals surface area (Å²) in [5.74, 6) is 0.652. The number of hydrogen-bond donors (Lipinski definition) is 0. The van der Waals surface area contributed by atoms with Crippen molar-refractivity contribution in [2.24, 2.45) is 10.9 Å². The van der Waals surface area contributed by atoms with E-state index in [4.69, 9.17) is 4.74 Å². The Kier molecular flexibility index (Phi) is 2.89. The third kappa shape index (κ3) is 2.07. The molecule has 0 aliphatic carbocycles. The minimum absolute atomic E-state index is 0.182. The van der Waals surface area contributed by atoms with Gasteiger partial charge in [-0.25, -0.2) is 0 Å². The summed E-state index contributed by atoms with van der Waals surface area (Å²) in [7, 11) is 0. The molecule has 2 heteroatoms. The Labute approximate surface area is 75.0 Å². The maximum atomic E-state index is 5.71. The van der Waals surface area contributed by atoms with Gasteiger partial charge in [0.05, 0.1) is 6.61 Å². The van der Waals surface area contributed by atoms with E-state index in [-0.39, 0.29) is 5.72 Å². The van der Waals surface area contributed by atoms with Gasteiger partial charge < -0.3 is 4.74 Å². The summed E-state index contributed by atoms with van der Waals surface area (Å²) in [6.45, 7) is 9.33. The van der Waals surface area contributed by atoms with Gasteiger partial charge in [-0.2, -0.15) is 0 Å². The van der Waals surface area contributed by atoms with E-state index in [1.807, 2.05) is 6.92 Å². The molecule has 70 valence electrons. The fourth-order valence-corrected chi connectivity index (χ4v) is 1.72. The van der Waals surface area contributed by atoms with Crippen LogP contribution in [0.25, 0.3) is 0 Å². The molecule has 0 aromatic carbocycles. The maximum absolute atomic E-state index is 5.71. The lowest BCUT2D eigenvalue weighted by Gasteiger charge is -2.25. The molecule has 0 aromatic rings. The highest BCUT2D eigenvalue weighted by atomic mass is 16.5. The Balaban J connectivity index is 2.65. The maximum Gasteiger partial charge on any atom is 0.159 e. The van der Waals surface area contributed by atoms with Crippen molar-refractivity contribution in [2.45, 2.75) is 46.3 Å². The Morgan fingerprint density at radius 1 is 1.58 bits per heavy atom. The van der Waals surface area contributed by atoms with E-state index in [1.54, 1.807) is 0 Å². The van der Waals surface area contributed by atoms with Crippen molar-refractivity contribution in [1.82, 2.24) is 0 Å². The van der Waals surface area contributed by atoms with Crippen LogP contribution in [0, 0.1) is 5.92 Å². The van der Waals surface area contributed by atoms with Crippen LogP contribution in [0.5, 0.6) is 0 Å². The molecule has 0 spiro atoms. The molecular formula is C10H19NO. The van der Waals surface area contributed by atoms with Crippen molar-refractivity contribution in [1.29, 1.82) is 0 Å². The molecule has 0 amide bonds. The Bertz CT molecular complexity index is 186. The molecule has 12 heavy (non-hydrogen) atoms. The number of ether oxygens (including phenoxy) is 1. The lowest BCUT2D eigenvalue weighted by Crippen LogP contribution is -2.27. The van der Waals surface area contributed by atoms with Gasteiger partial charge in [0.1, 0.15) is 0 Å². The second-order valence-corrected chi connectivity index (χ2v) is 4.03. The van der Waals surface area contributed by atoms with Crippen molar-refractivity contribution < 1.29 is 4.74 Å². The van der Waals surface area contributed by atoms with Gasteiger partial charge in [-0.3, -0.25) is 4.99 Å². The van der Waals surface area contributed by atoms with Crippen LogP contribution in [0.4, 0.5) is 0 Å². The third-order valence-electron chi connectivity index (χ3n) is 2.22. The van der Waals surface area contributed by atoms with Crippen LogP contribution in [0.15, 0.2) is 4.99 Å². The van der Waals surface area contributed by atoms with Crippen LogP contribution >= 0.6 is 0 Å². The molecular weight excluding hydrogens is 150 g/mol. The second kappa shape index (κ2) is 3.56. The first kappa shape index (κ1) is 9.72. The van der Waals surface area contributed by atoms with Crippen LogP contribution < -0.4 is 0 Å². The molecule has 1 aliphatic heterocycles. The van der Waals surface area contributed by atoms with Crippen LogP contribution in [0.1, 0.15) is 40.5 Å². The predicted molar refractivity (Wildman–Crippen MR) is 51.5 cm³/mol. The molecule has 1 heterocycles. The monoisotopic (exact) mass is 169 g/mol. The largest absolute Gasteiger partial charge is 0.348 e. The van der Waals surface area contributed by atoms with Gasteiger partial charge in [0.2, 0.25) is 0 Å². The smallest absolute Gasteiger partial charge is 0.159 e. The fraction of sp³-hybridized carbons (Fsp3) is 0.900. The van der Waals surface area contributed by atoms with Gasteiger partial charge in [-0.05, 0) is 25.7 Å². The molecule has 0 bridgehead atoms. The highest BCUT2D eigenvalue weighted by Crippen LogP contribution is 2.30. The molecule has 0 saturated carbocycles. The van der Waals surface area contributed by atoms with Gasteiger partial charge >= 0.3 is 0 Å². The summed E-state index contributed by atoms with van der Waals surface area (Å²) in [4.78, 5) is 4.57. The predicted octanol–water partition coefficient (Wildman–Crippen LogP) is 2.63. The summed E-state index contributed by atoms with van der Waals surface area (Å²) in [5.41, 5.74) is 0.954. The summed E-state index contributed by atoms with van der Waals surface area (Å²) < 4.78 is 5.71. The first-order valence-corrected chi connectivity index (χ1v) is 4.77. The molecule has 1 atom stereocenters. The van der Waals surface area contributed by atoms with E-state index in [9.17, 15) is 0 Å². The van der Waals surface area contributed by atoms with E-state index in [0.717, 1.165) is 25.2 Å². The van der Waals surface area contributed by atoms with Gasteiger partial charge in [-0.15, -0.1) is 0 Å². The summed E-state index contributed by atoms with van der Waals surface area (Å²) in [5, 5.41) is 0. The van der Waals surface area contributed by atoms with E-state index in [0.29, 0.717) is 5.92 Å². The number of aliphatic imine (C=N–C) groups is 1. The lowest BCUT2D eigenvalue weighted by molar-refractivity contribution is -0.0192. The summed E-state index contributed by atoms with van der Waals surface area (Å²) >= 11 is 0. The molecule has 1 aliphatic rings. The van der Waals surface area contributed by atoms with Crippen molar-refractivity contribution in [3.63, 3.8) is 0 Å². The summed E-state index contributed by atoms with van der Waals surface area (Å²) in [6.07, 6.45) is 2.03. The number of rotatable bonds is 3. The highest BCUT2D eigenvalue weighted by Gasteiger charge is 2.33. The Morgan fingerprint density at radius 3 is 2.58 bits per heavy atom. The van der Waals surface area contributed by atoms with Crippen LogP contribution in [-0.2, 0) is 4.74 Å². The molecule has 0 aromatic heterocycles. The Hall–Kier alpha value is -0.370. The quantitative estimate of drug-likeness (QED) is 0.636. The normalized spacial score (nSPS) is 29.6. The number of hydrogen-bond acceptors (Lipinski definition) is 2. The highest BCUT2D eigenvalue weighted by molar-refractivity contribution is 5.84. The first-order chi connectivity index (χ1) is 5.58. The minimum atomic E-state index is -0.182. The average molecular weight is 169 g/mol. The SMILES string of the molecule is CCC1(CC(C)C)N=C(C)CO1. The molecule has 0 N–H and O–H groups in total. The van der Waals surface area contributed by atoms with E-state index >= 15 is 0 Å². The molecule has 0 radical (unpaired) electrons. The summed E-state index contributed by atoms with van der Waals surface area (Å²) in [6, 6.07) is 0.